The maximum absolute atomic E-state index is 3.53. The highest BCUT2D eigenvalue weighted by Gasteiger charge is 2.15. The Balaban J connectivity index is 1.81. The first-order valence-electron chi connectivity index (χ1n) is 8.50. The van der Waals surface area contributed by atoms with E-state index in [1.807, 2.05) is 0 Å². The molecule has 2 aliphatic heterocycles. The molecule has 2 saturated heterocycles. The highest BCUT2D eigenvalue weighted by molar-refractivity contribution is 4.68. The highest BCUT2D eigenvalue weighted by atomic mass is 15.6. The molecule has 2 aliphatic rings. The zero-order valence-corrected chi connectivity index (χ0v) is 13.3. The Bertz CT molecular complexity index is 229. The van der Waals surface area contributed by atoms with Gasteiger partial charge in [0, 0.05) is 91.6 Å². The molecule has 7 heteroatoms. The Morgan fingerprint density at radius 1 is 0.333 bits per heavy atom. The SMILES string of the molecule is C1CNCCN(N2CCNCCNCC2)CCNCCN1. The summed E-state index contributed by atoms with van der Waals surface area (Å²) in [7, 11) is 0. The van der Waals surface area contributed by atoms with Gasteiger partial charge in [-0.1, -0.05) is 0 Å². The first-order chi connectivity index (χ1) is 10.5. The van der Waals surface area contributed by atoms with Gasteiger partial charge in [0.25, 0.3) is 0 Å². The fourth-order valence-electron chi connectivity index (χ4n) is 2.78. The summed E-state index contributed by atoms with van der Waals surface area (Å²) in [5, 5.41) is 22.5. The zero-order chi connectivity index (χ0) is 14.6. The van der Waals surface area contributed by atoms with Crippen molar-refractivity contribution >= 4 is 0 Å². The molecule has 7 nitrogen and oxygen atoms in total. The minimum Gasteiger partial charge on any atom is -0.314 e. The van der Waals surface area contributed by atoms with E-state index in [1.54, 1.807) is 0 Å². The average Bonchev–Trinajstić information content (AvgIpc) is 2.62. The second-order valence-electron chi connectivity index (χ2n) is 5.66. The quantitative estimate of drug-likeness (QED) is 0.366. The van der Waals surface area contributed by atoms with Crippen molar-refractivity contribution in [2.45, 2.75) is 0 Å². The summed E-state index contributed by atoms with van der Waals surface area (Å²) < 4.78 is 0. The van der Waals surface area contributed by atoms with Crippen LogP contribution in [0.5, 0.6) is 0 Å². The van der Waals surface area contributed by atoms with Crippen LogP contribution in [0.4, 0.5) is 0 Å². The van der Waals surface area contributed by atoms with Gasteiger partial charge in [-0.2, -0.15) is 0 Å². The monoisotopic (exact) mass is 299 g/mol. The van der Waals surface area contributed by atoms with Crippen molar-refractivity contribution in [3.05, 3.63) is 0 Å². The highest BCUT2D eigenvalue weighted by Crippen LogP contribution is 1.97. The standard InChI is InChI=1S/C14H33N7/c1-3-16-7-11-20(12-8-17-4-2-15-1)21-13-9-18-5-6-19-10-14-21/h15-19H,1-14H2. The van der Waals surface area contributed by atoms with E-state index in [1.165, 1.54) is 0 Å². The maximum atomic E-state index is 3.53. The topological polar surface area (TPSA) is 66.6 Å². The van der Waals surface area contributed by atoms with Crippen LogP contribution in [-0.2, 0) is 0 Å². The van der Waals surface area contributed by atoms with Crippen LogP contribution >= 0.6 is 0 Å². The van der Waals surface area contributed by atoms with Crippen molar-refractivity contribution in [3.63, 3.8) is 0 Å². The molecule has 21 heavy (non-hydrogen) atoms. The van der Waals surface area contributed by atoms with Crippen LogP contribution in [0.15, 0.2) is 0 Å². The van der Waals surface area contributed by atoms with Crippen LogP contribution in [-0.4, -0.2) is 102 Å². The van der Waals surface area contributed by atoms with Crippen LogP contribution in [0.3, 0.4) is 0 Å². The van der Waals surface area contributed by atoms with Gasteiger partial charge in [-0.25, -0.2) is 10.0 Å². The third-order valence-electron chi connectivity index (χ3n) is 4.02. The van der Waals surface area contributed by atoms with Crippen LogP contribution < -0.4 is 26.6 Å². The van der Waals surface area contributed by atoms with Crippen molar-refractivity contribution in [1.29, 1.82) is 0 Å². The first kappa shape index (κ1) is 17.1. The van der Waals surface area contributed by atoms with Crippen molar-refractivity contribution < 1.29 is 0 Å². The molecule has 0 saturated carbocycles. The molecule has 0 spiro atoms. The van der Waals surface area contributed by atoms with E-state index < -0.39 is 0 Å². The van der Waals surface area contributed by atoms with E-state index in [-0.39, 0.29) is 0 Å². The fourth-order valence-corrected chi connectivity index (χ4v) is 2.78. The lowest BCUT2D eigenvalue weighted by atomic mass is 10.4. The predicted octanol–water partition coefficient (Wildman–Crippen LogP) is -2.52. The number of nitrogens with one attached hydrogen (secondary N) is 5. The minimum atomic E-state index is 1.05. The Morgan fingerprint density at radius 3 is 0.857 bits per heavy atom. The van der Waals surface area contributed by atoms with Crippen molar-refractivity contribution in [3.8, 4) is 0 Å². The van der Waals surface area contributed by atoms with Gasteiger partial charge in [0.1, 0.15) is 0 Å². The van der Waals surface area contributed by atoms with Gasteiger partial charge in [-0.05, 0) is 0 Å². The van der Waals surface area contributed by atoms with Gasteiger partial charge in [-0.3, -0.25) is 0 Å². The van der Waals surface area contributed by atoms with Gasteiger partial charge in [0.05, 0.1) is 0 Å². The summed E-state index contributed by atoms with van der Waals surface area (Å²) in [6.45, 7) is 15.0. The van der Waals surface area contributed by atoms with Gasteiger partial charge < -0.3 is 26.6 Å². The molecular formula is C14H33N7. The molecule has 0 amide bonds. The molecule has 2 rings (SSSR count). The van der Waals surface area contributed by atoms with Crippen LogP contribution in [0.25, 0.3) is 0 Å². The predicted molar refractivity (Wildman–Crippen MR) is 87.5 cm³/mol. The molecule has 124 valence electrons. The third-order valence-corrected chi connectivity index (χ3v) is 4.02. The summed E-state index contributed by atoms with van der Waals surface area (Å²) in [4.78, 5) is 0. The smallest absolute Gasteiger partial charge is 0.0259 e. The van der Waals surface area contributed by atoms with Crippen LogP contribution in [0.2, 0.25) is 0 Å². The van der Waals surface area contributed by atoms with E-state index in [4.69, 9.17) is 0 Å². The average molecular weight is 299 g/mol. The molecule has 0 atom stereocenters. The van der Waals surface area contributed by atoms with E-state index in [0.29, 0.717) is 0 Å². The second kappa shape index (κ2) is 11.3. The maximum Gasteiger partial charge on any atom is 0.0259 e. The number of nitrogens with zero attached hydrogens (tertiary/aromatic N) is 2. The molecule has 0 radical (unpaired) electrons. The second-order valence-corrected chi connectivity index (χ2v) is 5.66. The summed E-state index contributed by atoms with van der Waals surface area (Å²) in [5.41, 5.74) is 0. The Morgan fingerprint density at radius 2 is 0.571 bits per heavy atom. The molecule has 0 aliphatic carbocycles. The molecule has 0 unspecified atom stereocenters. The van der Waals surface area contributed by atoms with Gasteiger partial charge in [0.2, 0.25) is 0 Å². The molecule has 0 bridgehead atoms. The van der Waals surface area contributed by atoms with Crippen molar-refractivity contribution in [1.82, 2.24) is 36.6 Å². The van der Waals surface area contributed by atoms with Crippen LogP contribution in [0.1, 0.15) is 0 Å². The minimum absolute atomic E-state index is 1.05. The number of rotatable bonds is 1. The number of hydrazine groups is 1. The third kappa shape index (κ3) is 7.51. The fraction of sp³-hybridized carbons (Fsp3) is 1.00. The number of hydrogen-bond donors (Lipinski definition) is 5. The molecule has 5 N–H and O–H groups in total. The molecular weight excluding hydrogens is 266 g/mol. The van der Waals surface area contributed by atoms with E-state index in [9.17, 15) is 0 Å². The van der Waals surface area contributed by atoms with E-state index in [0.717, 1.165) is 91.6 Å². The van der Waals surface area contributed by atoms with Gasteiger partial charge >= 0.3 is 0 Å². The lowest BCUT2D eigenvalue weighted by molar-refractivity contribution is -0.0200. The Labute approximate surface area is 129 Å². The van der Waals surface area contributed by atoms with Crippen molar-refractivity contribution in [2.24, 2.45) is 0 Å². The lowest BCUT2D eigenvalue weighted by Crippen LogP contribution is -2.52. The Hall–Kier alpha value is -0.280. The summed E-state index contributed by atoms with van der Waals surface area (Å²) >= 11 is 0. The molecule has 0 aromatic heterocycles. The first-order valence-corrected chi connectivity index (χ1v) is 8.50. The van der Waals surface area contributed by atoms with E-state index >= 15 is 0 Å². The van der Waals surface area contributed by atoms with Crippen LogP contribution in [0, 0.1) is 0 Å². The largest absolute Gasteiger partial charge is 0.314 e. The lowest BCUT2D eigenvalue weighted by Gasteiger charge is -2.35. The molecule has 2 heterocycles. The summed E-state index contributed by atoms with van der Waals surface area (Å²) in [5.74, 6) is 0. The van der Waals surface area contributed by atoms with Gasteiger partial charge in [-0.15, -0.1) is 0 Å². The number of hydrogen-bond acceptors (Lipinski definition) is 7. The summed E-state index contributed by atoms with van der Waals surface area (Å²) in [6.07, 6.45) is 0. The molecule has 0 aromatic carbocycles. The molecule has 2 fully saturated rings. The van der Waals surface area contributed by atoms with Crippen molar-refractivity contribution in [2.75, 3.05) is 91.6 Å². The zero-order valence-electron chi connectivity index (χ0n) is 13.3. The summed E-state index contributed by atoms with van der Waals surface area (Å²) in [6, 6.07) is 0. The molecule has 0 aromatic rings. The van der Waals surface area contributed by atoms with Gasteiger partial charge in [0.15, 0.2) is 0 Å². The van der Waals surface area contributed by atoms with E-state index in [2.05, 4.69) is 36.6 Å². The Kier molecular flexibility index (Phi) is 9.20. The normalized spacial score (nSPS) is 26.9.